The Bertz CT molecular complexity index is 351. The van der Waals surface area contributed by atoms with E-state index in [0.29, 0.717) is 5.92 Å². The molecule has 5 nitrogen and oxygen atoms in total. The van der Waals surface area contributed by atoms with Crippen molar-refractivity contribution in [3.63, 3.8) is 0 Å². The number of carbonyl (C=O) groups is 2. The monoisotopic (exact) mass is 290 g/mol. The standard InChI is InChI=1S/C13H22N2O3.ClH/c1-9(11(16)18-2)15-12(17)13-6-4-3-5-10(13)7-14-8-13;/h9-10,14H,3-8H2,1-2H3,(H,15,17);1H/t9-,10-,13+;/m0./s1. The van der Waals surface area contributed by atoms with Gasteiger partial charge in [0.15, 0.2) is 0 Å². The fraction of sp³-hybridized carbons (Fsp3) is 0.846. The summed E-state index contributed by atoms with van der Waals surface area (Å²) in [5, 5.41) is 6.13. The van der Waals surface area contributed by atoms with E-state index in [2.05, 4.69) is 15.4 Å². The smallest absolute Gasteiger partial charge is 0.328 e. The Hall–Kier alpha value is -0.810. The van der Waals surface area contributed by atoms with Crippen LogP contribution in [0.1, 0.15) is 32.6 Å². The van der Waals surface area contributed by atoms with Crippen molar-refractivity contribution in [1.82, 2.24) is 10.6 Å². The van der Waals surface area contributed by atoms with Crippen molar-refractivity contribution in [3.8, 4) is 0 Å². The summed E-state index contributed by atoms with van der Waals surface area (Å²) >= 11 is 0. The number of nitrogens with one attached hydrogen (secondary N) is 2. The quantitative estimate of drug-likeness (QED) is 0.757. The molecule has 1 aliphatic carbocycles. The van der Waals surface area contributed by atoms with Crippen molar-refractivity contribution >= 4 is 24.3 Å². The highest BCUT2D eigenvalue weighted by Gasteiger charge is 2.50. The van der Waals surface area contributed by atoms with E-state index in [9.17, 15) is 9.59 Å². The Kier molecular flexibility index (Phi) is 5.62. The molecule has 0 unspecified atom stereocenters. The van der Waals surface area contributed by atoms with Crippen LogP contribution in [0.4, 0.5) is 0 Å². The maximum atomic E-state index is 12.5. The summed E-state index contributed by atoms with van der Waals surface area (Å²) in [6, 6.07) is -0.569. The molecule has 2 N–H and O–H groups in total. The molecule has 2 aliphatic rings. The van der Waals surface area contributed by atoms with Crippen LogP contribution in [0.3, 0.4) is 0 Å². The molecule has 1 saturated carbocycles. The van der Waals surface area contributed by atoms with Gasteiger partial charge in [0.2, 0.25) is 5.91 Å². The van der Waals surface area contributed by atoms with Gasteiger partial charge in [-0.15, -0.1) is 12.4 Å². The first-order valence-electron chi connectivity index (χ1n) is 6.69. The van der Waals surface area contributed by atoms with Gasteiger partial charge >= 0.3 is 5.97 Å². The molecule has 0 spiro atoms. The van der Waals surface area contributed by atoms with Gasteiger partial charge in [-0.3, -0.25) is 4.79 Å². The second-order valence-electron chi connectivity index (χ2n) is 5.45. The van der Waals surface area contributed by atoms with E-state index in [1.54, 1.807) is 6.92 Å². The molecule has 1 saturated heterocycles. The molecule has 0 radical (unpaired) electrons. The van der Waals surface area contributed by atoms with Gasteiger partial charge in [-0.1, -0.05) is 12.8 Å². The fourth-order valence-electron chi connectivity index (χ4n) is 3.27. The molecule has 0 aromatic rings. The molecule has 0 bridgehead atoms. The van der Waals surface area contributed by atoms with Crippen LogP contribution in [0.2, 0.25) is 0 Å². The topological polar surface area (TPSA) is 67.4 Å². The van der Waals surface area contributed by atoms with E-state index in [1.807, 2.05) is 0 Å². The summed E-state index contributed by atoms with van der Waals surface area (Å²) < 4.78 is 4.64. The van der Waals surface area contributed by atoms with E-state index < -0.39 is 12.0 Å². The van der Waals surface area contributed by atoms with E-state index in [4.69, 9.17) is 0 Å². The SMILES string of the molecule is COC(=O)[C@H](C)NC(=O)[C@@]12CCCC[C@H]1CNC2.Cl. The van der Waals surface area contributed by atoms with Crippen LogP contribution >= 0.6 is 12.4 Å². The van der Waals surface area contributed by atoms with E-state index >= 15 is 0 Å². The lowest BCUT2D eigenvalue weighted by molar-refractivity contribution is -0.147. The zero-order chi connectivity index (χ0) is 13.2. The summed E-state index contributed by atoms with van der Waals surface area (Å²) in [5.74, 6) is 0.0317. The number of hydrogen-bond donors (Lipinski definition) is 2. The van der Waals surface area contributed by atoms with Gasteiger partial charge in [-0.25, -0.2) is 4.79 Å². The number of rotatable bonds is 3. The van der Waals surface area contributed by atoms with Crippen molar-refractivity contribution in [2.75, 3.05) is 20.2 Å². The number of methoxy groups -OCH3 is 1. The Balaban J connectivity index is 0.00000180. The second-order valence-corrected chi connectivity index (χ2v) is 5.45. The molecule has 1 heterocycles. The average molecular weight is 291 g/mol. The van der Waals surface area contributed by atoms with Crippen molar-refractivity contribution in [2.24, 2.45) is 11.3 Å². The molecule has 0 aromatic heterocycles. The summed E-state index contributed by atoms with van der Waals surface area (Å²) in [5.41, 5.74) is -0.305. The normalized spacial score (nSPS) is 30.7. The number of amides is 1. The van der Waals surface area contributed by atoms with Crippen LogP contribution in [-0.4, -0.2) is 38.1 Å². The van der Waals surface area contributed by atoms with Crippen molar-refractivity contribution < 1.29 is 14.3 Å². The minimum Gasteiger partial charge on any atom is -0.467 e. The zero-order valence-corrected chi connectivity index (χ0v) is 12.3. The van der Waals surface area contributed by atoms with Crippen LogP contribution in [0, 0.1) is 11.3 Å². The molecule has 1 amide bonds. The van der Waals surface area contributed by atoms with Crippen LogP contribution in [0.25, 0.3) is 0 Å². The van der Waals surface area contributed by atoms with Gasteiger partial charge in [-0.05, 0) is 32.2 Å². The van der Waals surface area contributed by atoms with Gasteiger partial charge in [0.25, 0.3) is 0 Å². The van der Waals surface area contributed by atoms with Crippen LogP contribution < -0.4 is 10.6 Å². The molecular weight excluding hydrogens is 268 g/mol. The molecule has 0 aromatic carbocycles. The molecular formula is C13H23ClN2O3. The summed E-state index contributed by atoms with van der Waals surface area (Å²) in [7, 11) is 1.34. The second kappa shape index (κ2) is 6.57. The number of hydrogen-bond acceptors (Lipinski definition) is 4. The van der Waals surface area contributed by atoms with Crippen LogP contribution in [0.5, 0.6) is 0 Å². The maximum Gasteiger partial charge on any atom is 0.328 e. The van der Waals surface area contributed by atoms with Crippen molar-refractivity contribution in [1.29, 1.82) is 0 Å². The van der Waals surface area contributed by atoms with E-state index in [1.165, 1.54) is 13.5 Å². The lowest BCUT2D eigenvalue weighted by Gasteiger charge is -2.37. The predicted molar refractivity (Wildman–Crippen MR) is 74.1 cm³/mol. The Morgan fingerprint density at radius 2 is 2.16 bits per heavy atom. The fourth-order valence-corrected chi connectivity index (χ4v) is 3.27. The highest BCUT2D eigenvalue weighted by atomic mass is 35.5. The molecule has 3 atom stereocenters. The third kappa shape index (κ3) is 3.03. The summed E-state index contributed by atoms with van der Waals surface area (Å²) in [6.07, 6.45) is 4.32. The number of fused-ring (bicyclic) bond motifs is 1. The van der Waals surface area contributed by atoms with E-state index in [0.717, 1.165) is 32.4 Å². The van der Waals surface area contributed by atoms with Crippen molar-refractivity contribution in [3.05, 3.63) is 0 Å². The Morgan fingerprint density at radius 1 is 1.42 bits per heavy atom. The highest BCUT2D eigenvalue weighted by molar-refractivity contribution is 5.88. The summed E-state index contributed by atoms with van der Waals surface area (Å²) in [4.78, 5) is 23.8. The minimum absolute atomic E-state index is 0. The van der Waals surface area contributed by atoms with Gasteiger partial charge in [0.05, 0.1) is 12.5 Å². The first-order valence-corrected chi connectivity index (χ1v) is 6.69. The lowest BCUT2D eigenvalue weighted by Crippen LogP contribution is -2.52. The average Bonchev–Trinajstić information content (AvgIpc) is 2.82. The first kappa shape index (κ1) is 16.2. The zero-order valence-electron chi connectivity index (χ0n) is 11.5. The number of halogens is 1. The predicted octanol–water partition coefficient (Wildman–Crippen LogP) is 0.866. The van der Waals surface area contributed by atoms with E-state index in [-0.39, 0.29) is 23.7 Å². The molecule has 6 heteroatoms. The maximum absolute atomic E-state index is 12.5. The minimum atomic E-state index is -0.569. The third-order valence-corrected chi connectivity index (χ3v) is 4.39. The highest BCUT2D eigenvalue weighted by Crippen LogP contribution is 2.43. The number of esters is 1. The molecule has 2 fully saturated rings. The lowest BCUT2D eigenvalue weighted by atomic mass is 9.67. The molecule has 2 rings (SSSR count). The van der Waals surface area contributed by atoms with Gasteiger partial charge < -0.3 is 15.4 Å². The largest absolute Gasteiger partial charge is 0.467 e. The van der Waals surface area contributed by atoms with Gasteiger partial charge in [0.1, 0.15) is 6.04 Å². The number of carbonyl (C=O) groups excluding carboxylic acids is 2. The molecule has 19 heavy (non-hydrogen) atoms. The Morgan fingerprint density at radius 3 is 2.84 bits per heavy atom. The van der Waals surface area contributed by atoms with Crippen molar-refractivity contribution in [2.45, 2.75) is 38.6 Å². The number of ether oxygens (including phenoxy) is 1. The first-order chi connectivity index (χ1) is 8.60. The Labute approximate surface area is 120 Å². The van der Waals surface area contributed by atoms with Gasteiger partial charge in [-0.2, -0.15) is 0 Å². The van der Waals surface area contributed by atoms with Gasteiger partial charge in [0, 0.05) is 6.54 Å². The van der Waals surface area contributed by atoms with Crippen LogP contribution in [-0.2, 0) is 14.3 Å². The summed E-state index contributed by atoms with van der Waals surface area (Å²) in [6.45, 7) is 3.32. The molecule has 1 aliphatic heterocycles. The third-order valence-electron chi connectivity index (χ3n) is 4.39. The van der Waals surface area contributed by atoms with Crippen LogP contribution in [0.15, 0.2) is 0 Å². The molecule has 110 valence electrons.